The zero-order valence-electron chi connectivity index (χ0n) is 22.3. The van der Waals surface area contributed by atoms with Gasteiger partial charge in [0.15, 0.2) is 12.6 Å². The molecule has 0 bridgehead atoms. The number of allylic oxidation sites excluding steroid dienone is 2. The van der Waals surface area contributed by atoms with Crippen molar-refractivity contribution in [3.63, 3.8) is 0 Å². The molecule has 0 aromatic rings. The first-order valence-corrected chi connectivity index (χ1v) is 13.3. The van der Waals surface area contributed by atoms with Gasteiger partial charge in [-0.15, -0.1) is 6.58 Å². The summed E-state index contributed by atoms with van der Waals surface area (Å²) in [5.74, 6) is 1.89. The molecule has 5 unspecified atom stereocenters. The summed E-state index contributed by atoms with van der Waals surface area (Å²) in [7, 11) is 1.65. The van der Waals surface area contributed by atoms with Gasteiger partial charge in [0.25, 0.3) is 0 Å². The molecule has 0 radical (unpaired) electrons. The highest BCUT2D eigenvalue weighted by Crippen LogP contribution is 2.52. The second kappa shape index (κ2) is 15.3. The lowest BCUT2D eigenvalue weighted by molar-refractivity contribution is -0.187. The highest BCUT2D eigenvalue weighted by atomic mass is 16.7. The first-order valence-electron chi connectivity index (χ1n) is 13.3. The van der Waals surface area contributed by atoms with Crippen molar-refractivity contribution in [3.05, 3.63) is 30.2 Å². The van der Waals surface area contributed by atoms with Gasteiger partial charge in [0.2, 0.25) is 0 Å². The molecule has 0 spiro atoms. The molecule has 4 aliphatic rings. The van der Waals surface area contributed by atoms with Crippen molar-refractivity contribution in [2.45, 2.75) is 106 Å². The Morgan fingerprint density at radius 3 is 1.89 bits per heavy atom. The Bertz CT molecular complexity index is 694. The largest absolute Gasteiger partial charge is 0.496 e. The summed E-state index contributed by atoms with van der Waals surface area (Å²) in [4.78, 5) is 0. The van der Waals surface area contributed by atoms with E-state index in [1.54, 1.807) is 13.4 Å². The molecular weight excluding hydrogens is 452 g/mol. The fraction of sp³-hybridized carbons (Fsp3) is 0.839. The van der Waals surface area contributed by atoms with Gasteiger partial charge in [-0.05, 0) is 85.5 Å². The van der Waals surface area contributed by atoms with E-state index in [9.17, 15) is 0 Å². The van der Waals surface area contributed by atoms with Crippen molar-refractivity contribution >= 4 is 0 Å². The van der Waals surface area contributed by atoms with Gasteiger partial charge in [-0.3, -0.25) is 0 Å². The molecule has 5 heteroatoms. The zero-order chi connectivity index (χ0) is 24.6. The molecule has 2 aliphatic heterocycles. The van der Waals surface area contributed by atoms with Gasteiger partial charge >= 0.3 is 0 Å². The van der Waals surface area contributed by atoms with Crippen molar-refractivity contribution in [1.82, 2.24) is 0 Å². The Kier molecular flexibility index (Phi) is 14.0. The maximum Gasteiger partial charge on any atom is 0.157 e. The highest BCUT2D eigenvalue weighted by molar-refractivity contribution is 5.23. The van der Waals surface area contributed by atoms with E-state index in [-0.39, 0.29) is 32.8 Å². The average molecular weight is 509 g/mol. The minimum absolute atomic E-state index is 0. The number of rotatable bonds is 8. The van der Waals surface area contributed by atoms with E-state index in [1.165, 1.54) is 37.7 Å². The Labute approximate surface area is 222 Å². The molecule has 0 aromatic carbocycles. The molecule has 5 nitrogen and oxygen atoms in total. The molecule has 210 valence electrons. The van der Waals surface area contributed by atoms with Crippen molar-refractivity contribution in [3.8, 4) is 0 Å². The van der Waals surface area contributed by atoms with Crippen LogP contribution in [0.3, 0.4) is 0 Å². The average Bonchev–Trinajstić information content (AvgIpc) is 2.84. The molecule has 0 N–H and O–H groups in total. The van der Waals surface area contributed by atoms with Crippen molar-refractivity contribution in [1.29, 1.82) is 0 Å². The fourth-order valence-corrected chi connectivity index (χ4v) is 5.39. The van der Waals surface area contributed by atoms with Gasteiger partial charge in [-0.2, -0.15) is 0 Å². The molecule has 0 amide bonds. The topological polar surface area (TPSA) is 46.2 Å². The van der Waals surface area contributed by atoms with Crippen LogP contribution < -0.4 is 0 Å². The molecule has 4 rings (SSSR count). The summed E-state index contributed by atoms with van der Waals surface area (Å²) < 4.78 is 27.8. The van der Waals surface area contributed by atoms with Crippen molar-refractivity contribution in [2.75, 3.05) is 33.5 Å². The standard InChI is InChI=1S/C15H24O3.C14H24O2.2CH4/c1-15(2)12(7-9-16-3)10-13(15)11-18-14-6-4-5-8-17-14;1-4-11-9-12(14(11,2)3)10-16-13-7-5-6-8-15-13;;/h9,13-14H,4-6,8,10-11H2,1-3H3;4,11-13H,1,5-10H2,2-3H3;2*1H4. The van der Waals surface area contributed by atoms with Crippen LogP contribution in [0.1, 0.15) is 93.9 Å². The van der Waals surface area contributed by atoms with Crippen LogP contribution in [0.5, 0.6) is 0 Å². The molecule has 5 atom stereocenters. The van der Waals surface area contributed by atoms with Crippen LogP contribution in [0.15, 0.2) is 30.2 Å². The first-order chi connectivity index (χ1) is 16.3. The van der Waals surface area contributed by atoms with E-state index in [0.29, 0.717) is 23.2 Å². The smallest absolute Gasteiger partial charge is 0.157 e. The summed E-state index contributed by atoms with van der Waals surface area (Å²) in [6.07, 6.45) is 13.0. The summed E-state index contributed by atoms with van der Waals surface area (Å²) in [5.41, 5.74) is 5.06. The summed E-state index contributed by atoms with van der Waals surface area (Å²) in [6, 6.07) is 0. The molecule has 2 heterocycles. The third-order valence-electron chi connectivity index (χ3n) is 8.67. The van der Waals surface area contributed by atoms with Crippen LogP contribution in [0.4, 0.5) is 0 Å². The lowest BCUT2D eigenvalue weighted by Gasteiger charge is -2.51. The zero-order valence-corrected chi connectivity index (χ0v) is 22.3. The third-order valence-corrected chi connectivity index (χ3v) is 8.67. The molecule has 4 fully saturated rings. The molecule has 36 heavy (non-hydrogen) atoms. The number of methoxy groups -OCH3 is 1. The Morgan fingerprint density at radius 2 is 1.47 bits per heavy atom. The second-order valence-electron chi connectivity index (χ2n) is 11.5. The fourth-order valence-electron chi connectivity index (χ4n) is 5.39. The SMILES string of the molecule is C.C.C=CC1CC(COC2CCCCO2)C1(C)C.COC=C=C1CC(COC2CCCCO2)C1(C)C. The Morgan fingerprint density at radius 1 is 0.917 bits per heavy atom. The monoisotopic (exact) mass is 508 g/mol. The third kappa shape index (κ3) is 8.46. The molecule has 2 saturated heterocycles. The Balaban J connectivity index is 0.000000343. The number of hydrogen-bond acceptors (Lipinski definition) is 5. The van der Waals surface area contributed by atoms with Crippen LogP contribution in [-0.2, 0) is 23.7 Å². The van der Waals surface area contributed by atoms with Gasteiger partial charge in [0.1, 0.15) is 6.26 Å². The predicted molar refractivity (Wildman–Crippen MR) is 149 cm³/mol. The number of ether oxygens (including phenoxy) is 5. The van der Waals surface area contributed by atoms with Gasteiger partial charge in [-0.25, -0.2) is 0 Å². The van der Waals surface area contributed by atoms with Crippen LogP contribution in [0.2, 0.25) is 0 Å². The van der Waals surface area contributed by atoms with Crippen LogP contribution in [0, 0.1) is 28.6 Å². The number of hydrogen-bond donors (Lipinski definition) is 0. The minimum atomic E-state index is 0. The molecule has 2 saturated carbocycles. The van der Waals surface area contributed by atoms with Crippen molar-refractivity contribution < 1.29 is 23.7 Å². The van der Waals surface area contributed by atoms with Gasteiger partial charge in [-0.1, -0.05) is 54.4 Å². The van der Waals surface area contributed by atoms with E-state index < -0.39 is 0 Å². The van der Waals surface area contributed by atoms with E-state index in [4.69, 9.17) is 23.7 Å². The van der Waals surface area contributed by atoms with Gasteiger partial charge < -0.3 is 23.7 Å². The Hall–Kier alpha value is -1.10. The van der Waals surface area contributed by atoms with Crippen molar-refractivity contribution in [2.24, 2.45) is 28.6 Å². The molecular formula is C31H56O5. The highest BCUT2D eigenvalue weighted by Gasteiger charge is 2.46. The van der Waals surface area contributed by atoms with Gasteiger partial charge in [0, 0.05) is 13.2 Å². The lowest BCUT2D eigenvalue weighted by atomic mass is 9.55. The van der Waals surface area contributed by atoms with Gasteiger partial charge in [0.05, 0.1) is 20.3 Å². The maximum absolute atomic E-state index is 5.87. The van der Waals surface area contributed by atoms with Crippen LogP contribution in [0.25, 0.3) is 0 Å². The summed E-state index contributed by atoms with van der Waals surface area (Å²) >= 11 is 0. The second-order valence-corrected chi connectivity index (χ2v) is 11.5. The predicted octanol–water partition coefficient (Wildman–Crippen LogP) is 7.91. The van der Waals surface area contributed by atoms with E-state index in [1.807, 2.05) is 0 Å². The first kappa shape index (κ1) is 32.9. The molecule has 0 aromatic heterocycles. The normalized spacial score (nSPS) is 31.9. The summed E-state index contributed by atoms with van der Waals surface area (Å²) in [5, 5.41) is 0. The molecule has 2 aliphatic carbocycles. The quantitative estimate of drug-likeness (QED) is 0.189. The lowest BCUT2D eigenvalue weighted by Crippen LogP contribution is -2.46. The van der Waals surface area contributed by atoms with E-state index >= 15 is 0 Å². The van der Waals surface area contributed by atoms with Crippen LogP contribution >= 0.6 is 0 Å². The van der Waals surface area contributed by atoms with E-state index in [2.05, 4.69) is 46.1 Å². The summed E-state index contributed by atoms with van der Waals surface area (Å²) in [6.45, 7) is 16.4. The van der Waals surface area contributed by atoms with E-state index in [0.717, 1.165) is 45.7 Å². The van der Waals surface area contributed by atoms with Crippen LogP contribution in [-0.4, -0.2) is 46.1 Å². The maximum atomic E-state index is 5.87. The minimum Gasteiger partial charge on any atom is -0.496 e.